The first-order chi connectivity index (χ1) is 7.63. The lowest BCUT2D eigenvalue weighted by Gasteiger charge is -2.27. The van der Waals surface area contributed by atoms with Gasteiger partial charge in [0.15, 0.2) is 0 Å². The van der Waals surface area contributed by atoms with Crippen LogP contribution >= 0.6 is 0 Å². The van der Waals surface area contributed by atoms with Crippen LogP contribution in [-0.2, 0) is 9.53 Å². The fourth-order valence-electron chi connectivity index (χ4n) is 2.25. The fraction of sp³-hybridized carbons (Fsp3) is 0.917. The molecule has 2 unspecified atom stereocenters. The standard InChI is InChI=1S/C12H23NO3/c1-3-13(10(2)9-12(14)15)7-6-11-5-4-8-16-11/h10-11H,3-9H2,1-2H3,(H,14,15). The van der Waals surface area contributed by atoms with E-state index in [9.17, 15) is 4.79 Å². The molecule has 0 aromatic rings. The Morgan fingerprint density at radius 2 is 2.38 bits per heavy atom. The first-order valence-corrected chi connectivity index (χ1v) is 6.21. The molecule has 1 saturated heterocycles. The van der Waals surface area contributed by atoms with Crippen molar-refractivity contribution in [1.29, 1.82) is 0 Å². The highest BCUT2D eigenvalue weighted by Crippen LogP contribution is 2.16. The molecular formula is C12H23NO3. The van der Waals surface area contributed by atoms with Crippen molar-refractivity contribution in [2.45, 2.75) is 51.7 Å². The van der Waals surface area contributed by atoms with E-state index in [0.29, 0.717) is 6.10 Å². The Balaban J connectivity index is 2.26. The van der Waals surface area contributed by atoms with Crippen molar-refractivity contribution in [3.05, 3.63) is 0 Å². The second-order valence-corrected chi connectivity index (χ2v) is 4.50. The quantitative estimate of drug-likeness (QED) is 0.722. The van der Waals surface area contributed by atoms with Gasteiger partial charge in [-0.05, 0) is 32.7 Å². The van der Waals surface area contributed by atoms with E-state index >= 15 is 0 Å². The summed E-state index contributed by atoms with van der Waals surface area (Å²) in [7, 11) is 0. The summed E-state index contributed by atoms with van der Waals surface area (Å²) in [5.41, 5.74) is 0. The summed E-state index contributed by atoms with van der Waals surface area (Å²) in [5.74, 6) is -0.719. The molecule has 0 aliphatic carbocycles. The van der Waals surface area contributed by atoms with Gasteiger partial charge in [0.1, 0.15) is 0 Å². The summed E-state index contributed by atoms with van der Waals surface area (Å²) < 4.78 is 5.57. The van der Waals surface area contributed by atoms with Gasteiger partial charge in [-0.2, -0.15) is 0 Å². The molecule has 0 bridgehead atoms. The zero-order chi connectivity index (χ0) is 12.0. The Labute approximate surface area is 97.6 Å². The smallest absolute Gasteiger partial charge is 0.304 e. The molecule has 4 nitrogen and oxygen atoms in total. The molecule has 0 amide bonds. The maximum Gasteiger partial charge on any atom is 0.304 e. The molecule has 0 radical (unpaired) electrons. The highest BCUT2D eigenvalue weighted by Gasteiger charge is 2.19. The first-order valence-electron chi connectivity index (χ1n) is 6.21. The van der Waals surface area contributed by atoms with Gasteiger partial charge >= 0.3 is 5.97 Å². The van der Waals surface area contributed by atoms with Crippen molar-refractivity contribution in [2.75, 3.05) is 19.7 Å². The van der Waals surface area contributed by atoms with Gasteiger partial charge in [-0.3, -0.25) is 4.79 Å². The third-order valence-corrected chi connectivity index (χ3v) is 3.26. The van der Waals surface area contributed by atoms with Crippen LogP contribution in [0.25, 0.3) is 0 Å². The molecule has 2 atom stereocenters. The number of hydrogen-bond donors (Lipinski definition) is 1. The van der Waals surface area contributed by atoms with E-state index in [1.165, 1.54) is 6.42 Å². The molecule has 0 aromatic heterocycles. The molecular weight excluding hydrogens is 206 g/mol. The molecule has 0 saturated carbocycles. The number of ether oxygens (including phenoxy) is 1. The second kappa shape index (κ2) is 6.86. The minimum Gasteiger partial charge on any atom is -0.481 e. The third-order valence-electron chi connectivity index (χ3n) is 3.26. The maximum atomic E-state index is 10.6. The average molecular weight is 229 g/mol. The zero-order valence-electron chi connectivity index (χ0n) is 10.3. The number of aliphatic carboxylic acids is 1. The molecule has 16 heavy (non-hydrogen) atoms. The van der Waals surface area contributed by atoms with Crippen molar-refractivity contribution in [2.24, 2.45) is 0 Å². The number of carbonyl (C=O) groups is 1. The molecule has 0 aromatic carbocycles. The second-order valence-electron chi connectivity index (χ2n) is 4.50. The van der Waals surface area contributed by atoms with Crippen LogP contribution in [0, 0.1) is 0 Å². The molecule has 0 spiro atoms. The van der Waals surface area contributed by atoms with E-state index in [1.807, 2.05) is 6.92 Å². The predicted molar refractivity (Wildman–Crippen MR) is 62.6 cm³/mol. The largest absolute Gasteiger partial charge is 0.481 e. The van der Waals surface area contributed by atoms with Gasteiger partial charge < -0.3 is 14.7 Å². The minimum atomic E-state index is -0.719. The Morgan fingerprint density at radius 1 is 1.62 bits per heavy atom. The molecule has 1 aliphatic heterocycles. The number of nitrogens with zero attached hydrogens (tertiary/aromatic N) is 1. The summed E-state index contributed by atoms with van der Waals surface area (Å²) in [5, 5.41) is 8.76. The van der Waals surface area contributed by atoms with E-state index in [4.69, 9.17) is 9.84 Å². The van der Waals surface area contributed by atoms with Crippen LogP contribution in [-0.4, -0.2) is 47.8 Å². The Morgan fingerprint density at radius 3 is 2.88 bits per heavy atom. The van der Waals surface area contributed by atoms with Crippen LogP contribution < -0.4 is 0 Å². The number of rotatable bonds is 7. The summed E-state index contributed by atoms with van der Waals surface area (Å²) >= 11 is 0. The molecule has 1 N–H and O–H groups in total. The van der Waals surface area contributed by atoms with Crippen LogP contribution in [0.2, 0.25) is 0 Å². The summed E-state index contributed by atoms with van der Waals surface area (Å²) in [4.78, 5) is 12.9. The molecule has 1 fully saturated rings. The van der Waals surface area contributed by atoms with Gasteiger partial charge in [0.25, 0.3) is 0 Å². The van der Waals surface area contributed by atoms with Gasteiger partial charge in [0, 0.05) is 19.2 Å². The van der Waals surface area contributed by atoms with Crippen LogP contribution in [0.1, 0.15) is 39.5 Å². The molecule has 1 rings (SSSR count). The van der Waals surface area contributed by atoms with Crippen molar-refractivity contribution < 1.29 is 14.6 Å². The van der Waals surface area contributed by atoms with E-state index in [2.05, 4.69) is 11.8 Å². The lowest BCUT2D eigenvalue weighted by molar-refractivity contribution is -0.138. The summed E-state index contributed by atoms with van der Waals surface area (Å²) in [6.07, 6.45) is 3.97. The molecule has 94 valence electrons. The number of hydrogen-bond acceptors (Lipinski definition) is 3. The van der Waals surface area contributed by atoms with Crippen molar-refractivity contribution in [3.8, 4) is 0 Å². The molecule has 1 heterocycles. The van der Waals surface area contributed by atoms with Gasteiger partial charge in [0.05, 0.1) is 12.5 Å². The van der Waals surface area contributed by atoms with E-state index < -0.39 is 5.97 Å². The van der Waals surface area contributed by atoms with Gasteiger partial charge in [-0.25, -0.2) is 0 Å². The zero-order valence-corrected chi connectivity index (χ0v) is 10.3. The van der Waals surface area contributed by atoms with E-state index in [0.717, 1.165) is 32.5 Å². The van der Waals surface area contributed by atoms with Gasteiger partial charge in [-0.15, -0.1) is 0 Å². The lowest BCUT2D eigenvalue weighted by atomic mass is 10.1. The van der Waals surface area contributed by atoms with Crippen LogP contribution in [0.15, 0.2) is 0 Å². The van der Waals surface area contributed by atoms with Gasteiger partial charge in [0.2, 0.25) is 0 Å². The molecule has 1 aliphatic rings. The highest BCUT2D eigenvalue weighted by molar-refractivity contribution is 5.67. The summed E-state index contributed by atoms with van der Waals surface area (Å²) in [6.45, 7) is 6.79. The van der Waals surface area contributed by atoms with Crippen molar-refractivity contribution >= 4 is 5.97 Å². The van der Waals surface area contributed by atoms with Crippen LogP contribution in [0.4, 0.5) is 0 Å². The van der Waals surface area contributed by atoms with Crippen LogP contribution in [0.5, 0.6) is 0 Å². The first kappa shape index (κ1) is 13.5. The maximum absolute atomic E-state index is 10.6. The number of carboxylic acid groups (broad SMARTS) is 1. The van der Waals surface area contributed by atoms with E-state index in [1.54, 1.807) is 0 Å². The monoisotopic (exact) mass is 229 g/mol. The van der Waals surface area contributed by atoms with Crippen molar-refractivity contribution in [1.82, 2.24) is 4.90 Å². The summed E-state index contributed by atoms with van der Waals surface area (Å²) in [6, 6.07) is 0.115. The fourth-order valence-corrected chi connectivity index (χ4v) is 2.25. The van der Waals surface area contributed by atoms with Crippen molar-refractivity contribution in [3.63, 3.8) is 0 Å². The lowest BCUT2D eigenvalue weighted by Crippen LogP contribution is -2.36. The Bertz CT molecular complexity index is 214. The Hall–Kier alpha value is -0.610. The highest BCUT2D eigenvalue weighted by atomic mass is 16.5. The van der Waals surface area contributed by atoms with Crippen LogP contribution in [0.3, 0.4) is 0 Å². The topological polar surface area (TPSA) is 49.8 Å². The molecule has 4 heteroatoms. The number of carboxylic acids is 1. The normalized spacial score (nSPS) is 22.6. The van der Waals surface area contributed by atoms with Gasteiger partial charge in [-0.1, -0.05) is 6.92 Å². The van der Waals surface area contributed by atoms with E-state index in [-0.39, 0.29) is 12.5 Å². The minimum absolute atomic E-state index is 0.115. The average Bonchev–Trinajstić information content (AvgIpc) is 2.70. The SMILES string of the molecule is CCN(CCC1CCCO1)C(C)CC(=O)O. The third kappa shape index (κ3) is 4.49. The Kier molecular flexibility index (Phi) is 5.77. The predicted octanol–water partition coefficient (Wildman–Crippen LogP) is 1.74.